The molecule has 0 spiro atoms. The maximum atomic E-state index is 6.15. The lowest BCUT2D eigenvalue weighted by atomic mass is 10.1. The van der Waals surface area contributed by atoms with Crippen LogP contribution in [0.2, 0.25) is 5.02 Å². The number of methoxy groups -OCH3 is 1. The lowest BCUT2D eigenvalue weighted by Crippen LogP contribution is -2.05. The Morgan fingerprint density at radius 1 is 1.26 bits per heavy atom. The van der Waals surface area contributed by atoms with Crippen LogP contribution in [0.3, 0.4) is 0 Å². The summed E-state index contributed by atoms with van der Waals surface area (Å²) in [4.78, 5) is 4.68. The van der Waals surface area contributed by atoms with Gasteiger partial charge < -0.3 is 10.1 Å². The molecule has 0 fully saturated rings. The largest absolute Gasteiger partial charge is 0.495 e. The van der Waals surface area contributed by atoms with Crippen molar-refractivity contribution >= 4 is 28.3 Å². The zero-order valence-electron chi connectivity index (χ0n) is 11.6. The zero-order valence-corrected chi connectivity index (χ0v) is 12.3. The van der Waals surface area contributed by atoms with Gasteiger partial charge in [0.15, 0.2) is 0 Å². The fraction of sp³-hybridized carbons (Fsp3) is 0.400. The molecule has 2 aromatic rings. The van der Waals surface area contributed by atoms with Gasteiger partial charge in [-0.3, -0.25) is 0 Å². The molecule has 1 N–H and O–H groups in total. The fourth-order valence-corrected chi connectivity index (χ4v) is 2.29. The van der Waals surface area contributed by atoms with Gasteiger partial charge in [0.2, 0.25) is 0 Å². The van der Waals surface area contributed by atoms with E-state index < -0.39 is 0 Å². The molecule has 0 saturated heterocycles. The van der Waals surface area contributed by atoms with Crippen LogP contribution >= 0.6 is 11.6 Å². The second-order valence-corrected chi connectivity index (χ2v) is 4.86. The van der Waals surface area contributed by atoms with Crippen molar-refractivity contribution in [2.75, 3.05) is 19.0 Å². The SMILES string of the molecule is CCCNc1nc2cc(OC)c(Cl)cc2cc1CC. The Morgan fingerprint density at radius 2 is 2.05 bits per heavy atom. The summed E-state index contributed by atoms with van der Waals surface area (Å²) in [5, 5.41) is 5.04. The normalized spacial score (nSPS) is 10.7. The highest BCUT2D eigenvalue weighted by molar-refractivity contribution is 6.32. The minimum absolute atomic E-state index is 0.619. The Hall–Kier alpha value is -1.48. The molecule has 0 unspecified atom stereocenters. The van der Waals surface area contributed by atoms with E-state index in [1.807, 2.05) is 12.1 Å². The number of nitrogens with zero attached hydrogens (tertiary/aromatic N) is 1. The van der Waals surface area contributed by atoms with Gasteiger partial charge in [-0.1, -0.05) is 25.4 Å². The molecule has 0 aliphatic carbocycles. The van der Waals surface area contributed by atoms with E-state index in [2.05, 4.69) is 30.2 Å². The third kappa shape index (κ3) is 2.92. The molecule has 2 rings (SSSR count). The first-order valence-electron chi connectivity index (χ1n) is 6.60. The molecular formula is C15H19ClN2O. The number of halogens is 1. The average Bonchev–Trinajstić information content (AvgIpc) is 2.43. The van der Waals surface area contributed by atoms with Crippen molar-refractivity contribution < 1.29 is 4.74 Å². The molecule has 1 aromatic heterocycles. The minimum atomic E-state index is 0.619. The number of benzene rings is 1. The molecular weight excluding hydrogens is 260 g/mol. The highest BCUT2D eigenvalue weighted by Gasteiger charge is 2.09. The van der Waals surface area contributed by atoms with Gasteiger partial charge in [0.25, 0.3) is 0 Å². The average molecular weight is 279 g/mol. The van der Waals surface area contributed by atoms with E-state index >= 15 is 0 Å². The maximum Gasteiger partial charge on any atom is 0.139 e. The van der Waals surface area contributed by atoms with E-state index in [1.165, 1.54) is 5.56 Å². The van der Waals surface area contributed by atoms with Crippen LogP contribution in [0.15, 0.2) is 18.2 Å². The predicted octanol–water partition coefficient (Wildman–Crippen LogP) is 4.28. The van der Waals surface area contributed by atoms with Gasteiger partial charge in [0.05, 0.1) is 17.6 Å². The Kier molecular flexibility index (Phi) is 4.48. The van der Waals surface area contributed by atoms with Crippen molar-refractivity contribution in [3.63, 3.8) is 0 Å². The Labute approximate surface area is 118 Å². The monoisotopic (exact) mass is 278 g/mol. The van der Waals surface area contributed by atoms with E-state index in [4.69, 9.17) is 16.3 Å². The molecule has 0 saturated carbocycles. The summed E-state index contributed by atoms with van der Waals surface area (Å²) in [5.74, 6) is 1.62. The second kappa shape index (κ2) is 6.11. The quantitative estimate of drug-likeness (QED) is 0.886. The smallest absolute Gasteiger partial charge is 0.139 e. The highest BCUT2D eigenvalue weighted by atomic mass is 35.5. The van der Waals surface area contributed by atoms with Crippen molar-refractivity contribution in [1.29, 1.82) is 0 Å². The zero-order chi connectivity index (χ0) is 13.8. The van der Waals surface area contributed by atoms with Gasteiger partial charge in [0.1, 0.15) is 11.6 Å². The van der Waals surface area contributed by atoms with Crippen LogP contribution in [0, 0.1) is 0 Å². The Balaban J connectivity index is 2.54. The first kappa shape index (κ1) is 13.9. The van der Waals surface area contributed by atoms with E-state index in [-0.39, 0.29) is 0 Å². The molecule has 0 radical (unpaired) electrons. The van der Waals surface area contributed by atoms with Gasteiger partial charge >= 0.3 is 0 Å². The van der Waals surface area contributed by atoms with Crippen LogP contribution in [0.1, 0.15) is 25.8 Å². The van der Waals surface area contributed by atoms with Crippen LogP contribution < -0.4 is 10.1 Å². The third-order valence-electron chi connectivity index (χ3n) is 3.09. The van der Waals surface area contributed by atoms with E-state index in [1.54, 1.807) is 7.11 Å². The lowest BCUT2D eigenvalue weighted by molar-refractivity contribution is 0.415. The third-order valence-corrected chi connectivity index (χ3v) is 3.39. The molecule has 4 heteroatoms. The molecule has 1 aromatic carbocycles. The summed E-state index contributed by atoms with van der Waals surface area (Å²) in [7, 11) is 1.61. The number of hydrogen-bond donors (Lipinski definition) is 1. The van der Waals surface area contributed by atoms with Gasteiger partial charge in [-0.05, 0) is 30.5 Å². The number of anilines is 1. The fourth-order valence-electron chi connectivity index (χ4n) is 2.04. The Bertz CT molecular complexity index is 584. The van der Waals surface area contributed by atoms with Gasteiger partial charge in [-0.25, -0.2) is 4.98 Å². The summed E-state index contributed by atoms with van der Waals surface area (Å²) >= 11 is 6.15. The van der Waals surface area contributed by atoms with Crippen molar-refractivity contribution in [2.45, 2.75) is 26.7 Å². The minimum Gasteiger partial charge on any atom is -0.495 e. The van der Waals surface area contributed by atoms with Crippen molar-refractivity contribution in [3.8, 4) is 5.75 Å². The molecule has 3 nitrogen and oxygen atoms in total. The number of hydrogen-bond acceptors (Lipinski definition) is 3. The van der Waals surface area contributed by atoms with Crippen LogP contribution in [0.5, 0.6) is 5.75 Å². The first-order valence-corrected chi connectivity index (χ1v) is 6.98. The maximum absolute atomic E-state index is 6.15. The van der Waals surface area contributed by atoms with Crippen LogP contribution in [0.4, 0.5) is 5.82 Å². The predicted molar refractivity (Wildman–Crippen MR) is 81.5 cm³/mol. The standard InChI is InChI=1S/C15H19ClN2O/c1-4-6-17-15-10(5-2)7-11-8-12(16)14(19-3)9-13(11)18-15/h7-9H,4-6H2,1-3H3,(H,17,18). The number of ether oxygens (including phenoxy) is 1. The van der Waals surface area contributed by atoms with Crippen LogP contribution in [0.25, 0.3) is 10.9 Å². The van der Waals surface area contributed by atoms with Gasteiger partial charge in [0, 0.05) is 18.0 Å². The van der Waals surface area contributed by atoms with E-state index in [0.717, 1.165) is 36.1 Å². The number of pyridine rings is 1. The molecule has 0 amide bonds. The number of fused-ring (bicyclic) bond motifs is 1. The van der Waals surface area contributed by atoms with Crippen molar-refractivity contribution in [3.05, 3.63) is 28.8 Å². The number of aryl methyl sites for hydroxylation is 1. The number of aromatic nitrogens is 1. The van der Waals surface area contributed by atoms with Crippen LogP contribution in [-0.4, -0.2) is 18.6 Å². The highest BCUT2D eigenvalue weighted by Crippen LogP contribution is 2.31. The number of rotatable bonds is 5. The first-order chi connectivity index (χ1) is 9.19. The summed E-state index contributed by atoms with van der Waals surface area (Å²) < 4.78 is 5.24. The van der Waals surface area contributed by atoms with Gasteiger partial charge in [-0.2, -0.15) is 0 Å². The van der Waals surface area contributed by atoms with Crippen molar-refractivity contribution in [1.82, 2.24) is 4.98 Å². The molecule has 0 aliphatic heterocycles. The van der Waals surface area contributed by atoms with Crippen LogP contribution in [-0.2, 0) is 6.42 Å². The lowest BCUT2D eigenvalue weighted by Gasteiger charge is -2.12. The molecule has 0 bridgehead atoms. The molecule has 102 valence electrons. The molecule has 0 atom stereocenters. The Morgan fingerprint density at radius 3 is 2.68 bits per heavy atom. The van der Waals surface area contributed by atoms with E-state index in [0.29, 0.717) is 10.8 Å². The van der Waals surface area contributed by atoms with Crippen molar-refractivity contribution in [2.24, 2.45) is 0 Å². The molecule has 0 aliphatic rings. The topological polar surface area (TPSA) is 34.2 Å². The molecule has 1 heterocycles. The number of nitrogens with one attached hydrogen (secondary N) is 1. The summed E-state index contributed by atoms with van der Waals surface area (Å²) in [6.07, 6.45) is 2.02. The summed E-state index contributed by atoms with van der Waals surface area (Å²) in [6.45, 7) is 5.20. The summed E-state index contributed by atoms with van der Waals surface area (Å²) in [6, 6.07) is 5.94. The van der Waals surface area contributed by atoms with Gasteiger partial charge in [-0.15, -0.1) is 0 Å². The summed E-state index contributed by atoms with van der Waals surface area (Å²) in [5.41, 5.74) is 2.11. The molecule has 19 heavy (non-hydrogen) atoms. The van der Waals surface area contributed by atoms with E-state index in [9.17, 15) is 0 Å². The second-order valence-electron chi connectivity index (χ2n) is 4.46.